The molecule has 2 rings (SSSR count). The second kappa shape index (κ2) is 11.7. The third-order valence-corrected chi connectivity index (χ3v) is 10.0. The summed E-state index contributed by atoms with van der Waals surface area (Å²) in [7, 11) is -3.76. The van der Waals surface area contributed by atoms with Crippen LogP contribution in [0.25, 0.3) is 0 Å². The van der Waals surface area contributed by atoms with Gasteiger partial charge in [-0.25, -0.2) is 13.2 Å². The van der Waals surface area contributed by atoms with E-state index in [-0.39, 0.29) is 22.7 Å². The van der Waals surface area contributed by atoms with Gasteiger partial charge in [-0.3, -0.25) is 9.59 Å². The molecule has 0 bridgehead atoms. The van der Waals surface area contributed by atoms with Gasteiger partial charge in [-0.1, -0.05) is 47.6 Å². The fourth-order valence-electron chi connectivity index (χ4n) is 4.30. The lowest BCUT2D eigenvalue weighted by Gasteiger charge is -2.38. The first kappa shape index (κ1) is 31.0. The minimum Gasteiger partial charge on any atom is -0.368 e. The molecule has 0 unspecified atom stereocenters. The van der Waals surface area contributed by atoms with Gasteiger partial charge < -0.3 is 21.3 Å². The molecule has 0 aromatic carbocycles. The Hall–Kier alpha value is -2.18. The lowest BCUT2D eigenvalue weighted by atomic mass is 9.85. The van der Waals surface area contributed by atoms with E-state index >= 15 is 0 Å². The summed E-state index contributed by atoms with van der Waals surface area (Å²) >= 11 is 1.15. The summed E-state index contributed by atoms with van der Waals surface area (Å²) in [6.45, 7) is 15.3. The van der Waals surface area contributed by atoms with Crippen molar-refractivity contribution in [2.75, 3.05) is 13.1 Å². The number of amides is 4. The topological polar surface area (TPSA) is 142 Å². The molecule has 12 heteroatoms. The quantitative estimate of drug-likeness (QED) is 0.428. The first-order valence-corrected chi connectivity index (χ1v) is 14.9. The van der Waals surface area contributed by atoms with Crippen LogP contribution >= 0.6 is 11.3 Å². The summed E-state index contributed by atoms with van der Waals surface area (Å²) in [6.07, 6.45) is 1.16. The van der Waals surface area contributed by atoms with Crippen molar-refractivity contribution in [3.63, 3.8) is 0 Å². The van der Waals surface area contributed by atoms with Crippen molar-refractivity contribution < 1.29 is 22.8 Å². The average molecular weight is 558 g/mol. The summed E-state index contributed by atoms with van der Waals surface area (Å²) in [5.74, 6) is -0.920. The van der Waals surface area contributed by atoms with Crippen LogP contribution < -0.4 is 16.4 Å². The standard InChI is InChI=1S/C25H43N5O5S2/c1-16(2)30(37(34,35)19-12-10-14-36-19)15-18(24(3,4)5)27-23(33)28-20(25(6,7)8)22(32)29-13-9-11-17(29)21(26)31/h10,12,14,16-18,20H,9,11,13,15H2,1-8H3,(H2,26,31)(H2,27,28,33)/t17-,18+,20+/m0/s1. The van der Waals surface area contributed by atoms with Gasteiger partial charge in [0.15, 0.2) is 0 Å². The van der Waals surface area contributed by atoms with Gasteiger partial charge in [0.2, 0.25) is 11.8 Å². The molecular formula is C25H43N5O5S2. The van der Waals surface area contributed by atoms with Crippen LogP contribution in [0.15, 0.2) is 21.7 Å². The first-order chi connectivity index (χ1) is 16.9. The molecule has 1 fully saturated rings. The van der Waals surface area contributed by atoms with Crippen molar-refractivity contribution in [3.05, 3.63) is 17.5 Å². The maximum Gasteiger partial charge on any atom is 0.315 e. The molecule has 210 valence electrons. The maximum atomic E-state index is 13.4. The molecule has 0 aliphatic carbocycles. The van der Waals surface area contributed by atoms with Crippen molar-refractivity contribution in [1.82, 2.24) is 19.8 Å². The van der Waals surface area contributed by atoms with Crippen LogP contribution in [0.4, 0.5) is 4.79 Å². The molecule has 0 saturated carbocycles. The monoisotopic (exact) mass is 557 g/mol. The van der Waals surface area contributed by atoms with Gasteiger partial charge in [0.05, 0.1) is 0 Å². The van der Waals surface area contributed by atoms with Crippen molar-refractivity contribution in [2.24, 2.45) is 16.6 Å². The van der Waals surface area contributed by atoms with Gasteiger partial charge in [-0.15, -0.1) is 11.3 Å². The number of thiophene rings is 1. The normalized spacial score (nSPS) is 18.6. The van der Waals surface area contributed by atoms with E-state index in [1.165, 1.54) is 9.21 Å². The highest BCUT2D eigenvalue weighted by Gasteiger charge is 2.42. The molecule has 1 aliphatic heterocycles. The third-order valence-electron chi connectivity index (χ3n) is 6.60. The number of primary amides is 1. The Morgan fingerprint density at radius 2 is 1.76 bits per heavy atom. The van der Waals surface area contributed by atoms with Crippen molar-refractivity contribution >= 4 is 39.2 Å². The Morgan fingerprint density at radius 1 is 1.14 bits per heavy atom. The fraction of sp³-hybridized carbons (Fsp3) is 0.720. The van der Waals surface area contributed by atoms with E-state index in [2.05, 4.69) is 10.6 Å². The van der Waals surface area contributed by atoms with Crippen molar-refractivity contribution in [3.8, 4) is 0 Å². The highest BCUT2D eigenvalue weighted by molar-refractivity contribution is 7.91. The zero-order valence-electron chi connectivity index (χ0n) is 23.2. The Bertz CT molecular complexity index is 1060. The van der Waals surface area contributed by atoms with Gasteiger partial charge in [-0.2, -0.15) is 4.31 Å². The van der Waals surface area contributed by atoms with Gasteiger partial charge in [-0.05, 0) is 49.0 Å². The maximum absolute atomic E-state index is 13.4. The summed E-state index contributed by atoms with van der Waals surface area (Å²) in [5.41, 5.74) is 4.36. The van der Waals surface area contributed by atoms with E-state index in [1.807, 2.05) is 41.5 Å². The number of carbonyl (C=O) groups is 3. The molecule has 4 amide bonds. The Morgan fingerprint density at radius 3 is 2.22 bits per heavy atom. The first-order valence-electron chi connectivity index (χ1n) is 12.6. The molecule has 4 N–H and O–H groups in total. The second-order valence-electron chi connectivity index (χ2n) is 12.0. The Labute approximate surface area is 225 Å². The molecule has 0 radical (unpaired) electrons. The van der Waals surface area contributed by atoms with E-state index in [4.69, 9.17) is 5.73 Å². The van der Waals surface area contributed by atoms with Crippen LogP contribution in [-0.2, 0) is 19.6 Å². The van der Waals surface area contributed by atoms with Crippen molar-refractivity contribution in [1.29, 1.82) is 0 Å². The number of hydrogen-bond donors (Lipinski definition) is 3. The number of nitrogens with zero attached hydrogens (tertiary/aromatic N) is 2. The second-order valence-corrected chi connectivity index (χ2v) is 15.1. The SMILES string of the molecule is CC(C)N(C[C@@H](NC(=O)N[C@H](C(=O)N1CCC[C@H]1C(N)=O)C(C)(C)C)C(C)(C)C)S(=O)(=O)c1cccs1. The fourth-order valence-corrected chi connectivity index (χ4v) is 7.07. The van der Waals surface area contributed by atoms with Crippen LogP contribution in [0.1, 0.15) is 68.2 Å². The molecule has 1 saturated heterocycles. The highest BCUT2D eigenvalue weighted by atomic mass is 32.2. The molecule has 0 spiro atoms. The Kier molecular flexibility index (Phi) is 9.81. The molecule has 1 aromatic rings. The lowest BCUT2D eigenvalue weighted by Crippen LogP contribution is -2.61. The Balaban J connectivity index is 2.27. The highest BCUT2D eigenvalue weighted by Crippen LogP contribution is 2.28. The minimum absolute atomic E-state index is 0.0544. The number of rotatable bonds is 9. The number of likely N-dealkylation sites (tertiary alicyclic amines) is 1. The largest absolute Gasteiger partial charge is 0.368 e. The van der Waals surface area contributed by atoms with Crippen LogP contribution in [-0.4, -0.2) is 72.7 Å². The van der Waals surface area contributed by atoms with E-state index in [1.54, 1.807) is 31.4 Å². The number of nitrogens with one attached hydrogen (secondary N) is 2. The summed E-state index contributed by atoms with van der Waals surface area (Å²) in [4.78, 5) is 40.0. The van der Waals surface area contributed by atoms with Crippen molar-refractivity contribution in [2.45, 2.75) is 96.6 Å². The van der Waals surface area contributed by atoms with Gasteiger partial charge >= 0.3 is 6.03 Å². The molecule has 1 aromatic heterocycles. The van der Waals surface area contributed by atoms with Gasteiger partial charge in [0, 0.05) is 25.2 Å². The predicted molar refractivity (Wildman–Crippen MR) is 145 cm³/mol. The zero-order valence-corrected chi connectivity index (χ0v) is 24.8. The summed E-state index contributed by atoms with van der Waals surface area (Å²) in [6, 6.07) is 0.169. The lowest BCUT2D eigenvalue weighted by molar-refractivity contribution is -0.140. The van der Waals surface area contributed by atoms with E-state index in [9.17, 15) is 22.8 Å². The van der Waals surface area contributed by atoms with Gasteiger partial charge in [0.1, 0.15) is 16.3 Å². The summed E-state index contributed by atoms with van der Waals surface area (Å²) in [5, 5.41) is 7.45. The number of urea groups is 1. The molecular weight excluding hydrogens is 514 g/mol. The van der Waals surface area contributed by atoms with Crippen LogP contribution in [0.2, 0.25) is 0 Å². The number of hydrogen-bond acceptors (Lipinski definition) is 6. The van der Waals surface area contributed by atoms with Crippen LogP contribution in [0, 0.1) is 10.8 Å². The predicted octanol–water partition coefficient (Wildman–Crippen LogP) is 2.75. The third kappa shape index (κ3) is 7.67. The molecule has 10 nitrogen and oxygen atoms in total. The van der Waals surface area contributed by atoms with E-state index in [0.717, 1.165) is 11.3 Å². The molecule has 1 aliphatic rings. The zero-order chi connectivity index (χ0) is 28.3. The summed E-state index contributed by atoms with van der Waals surface area (Å²) < 4.78 is 28.3. The average Bonchev–Trinajstić information content (AvgIpc) is 3.44. The minimum atomic E-state index is -3.76. The van der Waals surface area contributed by atoms with Gasteiger partial charge in [0.25, 0.3) is 10.0 Å². The molecule has 3 atom stereocenters. The number of nitrogens with two attached hydrogens (primary N) is 1. The van der Waals surface area contributed by atoms with Crippen LogP contribution in [0.3, 0.4) is 0 Å². The number of carbonyl (C=O) groups excluding carboxylic acids is 3. The number of sulfonamides is 1. The van der Waals surface area contributed by atoms with Crippen LogP contribution in [0.5, 0.6) is 0 Å². The van der Waals surface area contributed by atoms with E-state index in [0.29, 0.717) is 19.4 Å². The smallest absolute Gasteiger partial charge is 0.315 e. The van der Waals surface area contributed by atoms with E-state index < -0.39 is 50.9 Å². The molecule has 2 heterocycles. The molecule has 37 heavy (non-hydrogen) atoms.